The molecule has 7 nitrogen and oxygen atoms in total. The number of rotatable bonds is 3. The van der Waals surface area contributed by atoms with Gasteiger partial charge in [-0.1, -0.05) is 23.2 Å². The van der Waals surface area contributed by atoms with Gasteiger partial charge in [-0.05, 0) is 43.9 Å². The van der Waals surface area contributed by atoms with Crippen LogP contribution in [0.1, 0.15) is 34.6 Å². The van der Waals surface area contributed by atoms with Gasteiger partial charge in [0.25, 0.3) is 5.91 Å². The van der Waals surface area contributed by atoms with E-state index in [4.69, 9.17) is 23.2 Å². The van der Waals surface area contributed by atoms with Crippen molar-refractivity contribution in [3.05, 3.63) is 45.2 Å². The van der Waals surface area contributed by atoms with E-state index in [0.717, 1.165) is 36.9 Å². The highest BCUT2D eigenvalue weighted by atomic mass is 35.5. The van der Waals surface area contributed by atoms with E-state index in [2.05, 4.69) is 10.2 Å². The highest BCUT2D eigenvalue weighted by Crippen LogP contribution is 2.29. The number of fused-ring (bicyclic) bond motifs is 1. The van der Waals surface area contributed by atoms with E-state index in [9.17, 15) is 13.2 Å². The predicted molar refractivity (Wildman–Crippen MR) is 106 cm³/mol. The zero-order valence-corrected chi connectivity index (χ0v) is 17.4. The first-order valence-electron chi connectivity index (χ1n) is 9.18. The highest BCUT2D eigenvalue weighted by Gasteiger charge is 2.33. The van der Waals surface area contributed by atoms with E-state index >= 15 is 0 Å². The van der Waals surface area contributed by atoms with Gasteiger partial charge in [0.05, 0.1) is 5.02 Å². The summed E-state index contributed by atoms with van der Waals surface area (Å²) >= 11 is 12.0. The normalized spacial score (nSPS) is 18.1. The zero-order chi connectivity index (χ0) is 19.9. The number of H-pyrrole nitrogens is 1. The van der Waals surface area contributed by atoms with E-state index in [0.29, 0.717) is 23.8 Å². The van der Waals surface area contributed by atoms with Crippen molar-refractivity contribution < 1.29 is 13.2 Å². The summed E-state index contributed by atoms with van der Waals surface area (Å²) in [6.45, 7) is 1.00. The number of aromatic nitrogens is 2. The first-order valence-corrected chi connectivity index (χ1v) is 11.4. The van der Waals surface area contributed by atoms with Crippen molar-refractivity contribution >= 4 is 39.1 Å². The Hall–Kier alpha value is -1.61. The topological polar surface area (TPSA) is 86.4 Å². The molecule has 2 aliphatic rings. The largest absolute Gasteiger partial charge is 0.335 e. The van der Waals surface area contributed by atoms with Crippen molar-refractivity contribution in [3.63, 3.8) is 0 Å². The third-order valence-electron chi connectivity index (χ3n) is 5.30. The van der Waals surface area contributed by atoms with Gasteiger partial charge in [0.15, 0.2) is 5.69 Å². The van der Waals surface area contributed by atoms with Gasteiger partial charge in [-0.25, -0.2) is 8.42 Å². The van der Waals surface area contributed by atoms with Crippen LogP contribution in [-0.4, -0.2) is 59.9 Å². The Balaban J connectivity index is 1.48. The maximum absolute atomic E-state index is 12.9. The number of carbonyl (C=O) groups excluding carboxylic acids is 1. The van der Waals surface area contributed by atoms with E-state index < -0.39 is 10.0 Å². The van der Waals surface area contributed by atoms with Gasteiger partial charge in [-0.2, -0.15) is 9.40 Å². The van der Waals surface area contributed by atoms with Crippen molar-refractivity contribution in [2.75, 3.05) is 26.2 Å². The molecule has 1 aromatic heterocycles. The van der Waals surface area contributed by atoms with E-state index in [1.807, 2.05) is 0 Å². The molecule has 2 aromatic rings. The van der Waals surface area contributed by atoms with Crippen molar-refractivity contribution in [1.29, 1.82) is 0 Å². The van der Waals surface area contributed by atoms with Crippen LogP contribution in [0.3, 0.4) is 0 Å². The van der Waals surface area contributed by atoms with Gasteiger partial charge in [-0.3, -0.25) is 9.89 Å². The molecule has 1 aromatic carbocycles. The fourth-order valence-corrected chi connectivity index (χ4v) is 5.91. The minimum Gasteiger partial charge on any atom is -0.335 e. The van der Waals surface area contributed by atoms with Gasteiger partial charge >= 0.3 is 0 Å². The number of carbonyl (C=O) groups is 1. The standard InChI is InChI=1S/C18H20Cl2N4O3S/c19-12-5-6-14(20)16(11-12)28(26,27)24-9-7-23(8-10-24)18(25)17-13-3-1-2-4-15(13)21-22-17/h5-6,11H,1-4,7-10H2,(H,21,22). The molecule has 2 heterocycles. The summed E-state index contributed by atoms with van der Waals surface area (Å²) in [7, 11) is -3.78. The number of hydrogen-bond acceptors (Lipinski definition) is 4. The Bertz CT molecular complexity index is 1010. The summed E-state index contributed by atoms with van der Waals surface area (Å²) in [6, 6.07) is 4.37. The predicted octanol–water partition coefficient (Wildman–Crippen LogP) is 2.74. The monoisotopic (exact) mass is 442 g/mol. The van der Waals surface area contributed by atoms with Crippen molar-refractivity contribution in [2.24, 2.45) is 0 Å². The maximum Gasteiger partial charge on any atom is 0.274 e. The third-order valence-corrected chi connectivity index (χ3v) is 7.91. The Labute approximate surface area is 173 Å². The number of amides is 1. The minimum atomic E-state index is -3.78. The summed E-state index contributed by atoms with van der Waals surface area (Å²) in [5, 5.41) is 7.65. The summed E-state index contributed by atoms with van der Waals surface area (Å²) in [5.74, 6) is -0.141. The fraction of sp³-hybridized carbons (Fsp3) is 0.444. The second kappa shape index (κ2) is 7.67. The second-order valence-corrected chi connectivity index (χ2v) is 9.76. The second-order valence-electron chi connectivity index (χ2n) is 7.01. The van der Waals surface area contributed by atoms with Crippen LogP contribution in [0, 0.1) is 0 Å². The van der Waals surface area contributed by atoms with Crippen LogP contribution in [0.5, 0.6) is 0 Å². The molecular formula is C18H20Cl2N4O3S. The van der Waals surface area contributed by atoms with Gasteiger partial charge in [0, 0.05) is 42.5 Å². The summed E-state index contributed by atoms with van der Waals surface area (Å²) < 4.78 is 27.2. The molecule has 150 valence electrons. The zero-order valence-electron chi connectivity index (χ0n) is 15.1. The lowest BCUT2D eigenvalue weighted by atomic mass is 9.95. The molecule has 0 spiro atoms. The first kappa shape index (κ1) is 19.7. The van der Waals surface area contributed by atoms with Gasteiger partial charge in [-0.15, -0.1) is 0 Å². The van der Waals surface area contributed by atoms with Gasteiger partial charge in [0.2, 0.25) is 10.0 Å². The van der Waals surface area contributed by atoms with E-state index in [-0.39, 0.29) is 28.9 Å². The molecule has 1 aliphatic carbocycles. The molecule has 0 unspecified atom stereocenters. The van der Waals surface area contributed by atoms with Crippen LogP contribution >= 0.6 is 23.2 Å². The minimum absolute atomic E-state index is 0.0113. The molecule has 10 heteroatoms. The molecule has 0 radical (unpaired) electrons. The number of nitrogens with zero attached hydrogens (tertiary/aromatic N) is 3. The lowest BCUT2D eigenvalue weighted by Gasteiger charge is -2.34. The van der Waals surface area contributed by atoms with Crippen LogP contribution in [0.2, 0.25) is 10.0 Å². The fourth-order valence-electron chi connectivity index (χ4n) is 3.75. The first-order chi connectivity index (χ1) is 13.4. The molecule has 0 saturated carbocycles. The molecule has 0 atom stereocenters. The SMILES string of the molecule is O=C(c1n[nH]c2c1CCCC2)N1CCN(S(=O)(=O)c2cc(Cl)ccc2Cl)CC1. The van der Waals surface area contributed by atoms with Crippen LogP contribution in [0.25, 0.3) is 0 Å². The number of benzene rings is 1. The molecule has 1 fully saturated rings. The number of halogens is 2. The van der Waals surface area contributed by atoms with Crippen LogP contribution in [0.4, 0.5) is 0 Å². The number of sulfonamides is 1. The Morgan fingerprint density at radius 1 is 1.07 bits per heavy atom. The molecule has 4 rings (SSSR count). The molecule has 0 bridgehead atoms. The smallest absolute Gasteiger partial charge is 0.274 e. The molecule has 28 heavy (non-hydrogen) atoms. The summed E-state index contributed by atoms with van der Waals surface area (Å²) in [4.78, 5) is 14.5. The average molecular weight is 443 g/mol. The lowest BCUT2D eigenvalue weighted by molar-refractivity contribution is 0.0690. The van der Waals surface area contributed by atoms with E-state index in [1.165, 1.54) is 16.4 Å². The summed E-state index contributed by atoms with van der Waals surface area (Å²) in [5.41, 5.74) is 2.53. The van der Waals surface area contributed by atoms with Crippen LogP contribution < -0.4 is 0 Å². The Morgan fingerprint density at radius 2 is 1.79 bits per heavy atom. The van der Waals surface area contributed by atoms with Crippen molar-refractivity contribution in [3.8, 4) is 0 Å². The van der Waals surface area contributed by atoms with Gasteiger partial charge < -0.3 is 4.90 Å². The number of aromatic amines is 1. The summed E-state index contributed by atoms with van der Waals surface area (Å²) in [6.07, 6.45) is 3.93. The third kappa shape index (κ3) is 3.54. The van der Waals surface area contributed by atoms with Gasteiger partial charge in [0.1, 0.15) is 4.90 Å². The van der Waals surface area contributed by atoms with Crippen LogP contribution in [-0.2, 0) is 22.9 Å². The lowest BCUT2D eigenvalue weighted by Crippen LogP contribution is -2.50. The number of aryl methyl sites for hydroxylation is 1. The quantitative estimate of drug-likeness (QED) is 0.791. The molecule has 1 amide bonds. The highest BCUT2D eigenvalue weighted by molar-refractivity contribution is 7.89. The Morgan fingerprint density at radius 3 is 2.54 bits per heavy atom. The number of nitrogens with one attached hydrogen (secondary N) is 1. The number of hydrogen-bond donors (Lipinski definition) is 1. The molecule has 1 N–H and O–H groups in total. The Kier molecular flexibility index (Phi) is 5.39. The molecule has 1 aliphatic heterocycles. The average Bonchev–Trinajstić information content (AvgIpc) is 3.13. The van der Waals surface area contributed by atoms with E-state index in [1.54, 1.807) is 11.0 Å². The number of piperazine rings is 1. The molecule has 1 saturated heterocycles. The van der Waals surface area contributed by atoms with Crippen molar-refractivity contribution in [1.82, 2.24) is 19.4 Å². The van der Waals surface area contributed by atoms with Crippen LogP contribution in [0.15, 0.2) is 23.1 Å². The maximum atomic E-state index is 12.9. The van der Waals surface area contributed by atoms with Crippen molar-refractivity contribution in [2.45, 2.75) is 30.6 Å². The molecular weight excluding hydrogens is 423 g/mol.